The Labute approximate surface area is 153 Å². The molecule has 1 atom stereocenters. The van der Waals surface area contributed by atoms with Crippen molar-refractivity contribution >= 4 is 34.1 Å². The number of hydrogen-bond acceptors (Lipinski definition) is 5. The number of esters is 1. The second-order valence-corrected chi connectivity index (χ2v) is 9.17. The molecule has 0 aromatic carbocycles. The highest BCUT2D eigenvalue weighted by molar-refractivity contribution is 7.18. The van der Waals surface area contributed by atoms with Gasteiger partial charge < -0.3 is 15.4 Å². The van der Waals surface area contributed by atoms with E-state index in [9.17, 15) is 14.4 Å². The number of rotatable bonds is 4. The number of hydrogen-bond donors (Lipinski definition) is 2. The molecule has 1 unspecified atom stereocenters. The molecule has 2 amide bonds. The van der Waals surface area contributed by atoms with Crippen LogP contribution < -0.4 is 10.6 Å². The van der Waals surface area contributed by atoms with Gasteiger partial charge in [0.05, 0.1) is 5.00 Å². The standard InChI is InChI=1S/C18H28N2O4S/c1-10-9-12(19-16(23)17(3,4)5)25-13(10)15(22)24-11(2)14(21)20-18(6,7)8/h9,11H,1-8H3,(H,19,23)(H,20,21). The number of carbonyl (C=O) groups is 3. The fourth-order valence-electron chi connectivity index (χ4n) is 1.78. The van der Waals surface area contributed by atoms with Crippen molar-refractivity contribution in [1.29, 1.82) is 0 Å². The molecule has 0 aliphatic carbocycles. The SMILES string of the molecule is Cc1cc(NC(=O)C(C)(C)C)sc1C(=O)OC(C)C(=O)NC(C)(C)C. The highest BCUT2D eigenvalue weighted by atomic mass is 32.1. The number of carbonyl (C=O) groups excluding carboxylic acids is 3. The zero-order valence-electron chi connectivity index (χ0n) is 16.2. The molecule has 1 aromatic rings. The molecule has 25 heavy (non-hydrogen) atoms. The lowest BCUT2D eigenvalue weighted by atomic mass is 9.96. The van der Waals surface area contributed by atoms with E-state index in [0.29, 0.717) is 15.4 Å². The maximum atomic E-state index is 12.3. The Hall–Kier alpha value is -1.89. The van der Waals surface area contributed by atoms with Gasteiger partial charge in [-0.1, -0.05) is 20.8 Å². The maximum absolute atomic E-state index is 12.3. The summed E-state index contributed by atoms with van der Waals surface area (Å²) in [6, 6.07) is 1.73. The van der Waals surface area contributed by atoms with E-state index in [4.69, 9.17) is 4.74 Å². The van der Waals surface area contributed by atoms with Crippen LogP contribution in [-0.2, 0) is 14.3 Å². The Morgan fingerprint density at radius 1 is 1.12 bits per heavy atom. The first-order chi connectivity index (χ1) is 11.2. The van der Waals surface area contributed by atoms with Gasteiger partial charge in [-0.25, -0.2) is 4.79 Å². The number of thiophene rings is 1. The van der Waals surface area contributed by atoms with Crippen LogP contribution in [0, 0.1) is 12.3 Å². The van der Waals surface area contributed by atoms with Gasteiger partial charge in [-0.3, -0.25) is 9.59 Å². The van der Waals surface area contributed by atoms with Gasteiger partial charge in [0.1, 0.15) is 4.88 Å². The third-order valence-electron chi connectivity index (χ3n) is 3.17. The van der Waals surface area contributed by atoms with Gasteiger partial charge in [0.2, 0.25) is 5.91 Å². The summed E-state index contributed by atoms with van der Waals surface area (Å²) in [5.41, 5.74) is -0.235. The molecule has 1 aromatic heterocycles. The van der Waals surface area contributed by atoms with Crippen LogP contribution in [0.3, 0.4) is 0 Å². The summed E-state index contributed by atoms with van der Waals surface area (Å²) in [5, 5.41) is 6.15. The number of nitrogens with one attached hydrogen (secondary N) is 2. The van der Waals surface area contributed by atoms with Gasteiger partial charge in [0.15, 0.2) is 6.10 Å². The third-order valence-corrected chi connectivity index (χ3v) is 4.30. The van der Waals surface area contributed by atoms with E-state index in [2.05, 4.69) is 10.6 Å². The summed E-state index contributed by atoms with van der Waals surface area (Å²) < 4.78 is 5.26. The van der Waals surface area contributed by atoms with Crippen LogP contribution in [0.5, 0.6) is 0 Å². The highest BCUT2D eigenvalue weighted by Gasteiger charge is 2.26. The molecule has 0 radical (unpaired) electrons. The molecule has 0 fully saturated rings. The topological polar surface area (TPSA) is 84.5 Å². The van der Waals surface area contributed by atoms with Crippen molar-refractivity contribution in [1.82, 2.24) is 5.32 Å². The van der Waals surface area contributed by atoms with Gasteiger partial charge in [0, 0.05) is 11.0 Å². The maximum Gasteiger partial charge on any atom is 0.349 e. The van der Waals surface area contributed by atoms with E-state index in [1.165, 1.54) is 6.92 Å². The molecule has 0 spiro atoms. The summed E-state index contributed by atoms with van der Waals surface area (Å²) in [4.78, 5) is 36.8. The Bertz CT molecular complexity index is 666. The van der Waals surface area contributed by atoms with Crippen molar-refractivity contribution in [3.8, 4) is 0 Å². The quantitative estimate of drug-likeness (QED) is 0.797. The predicted octanol–water partition coefficient (Wildman–Crippen LogP) is 3.50. The first-order valence-corrected chi connectivity index (χ1v) is 8.97. The smallest absolute Gasteiger partial charge is 0.349 e. The van der Waals surface area contributed by atoms with Gasteiger partial charge >= 0.3 is 5.97 Å². The van der Waals surface area contributed by atoms with Gasteiger partial charge in [-0.05, 0) is 46.2 Å². The fraction of sp³-hybridized carbons (Fsp3) is 0.611. The molecule has 1 heterocycles. The summed E-state index contributed by atoms with van der Waals surface area (Å²) in [6.45, 7) is 14.3. The largest absolute Gasteiger partial charge is 0.448 e. The van der Waals surface area contributed by atoms with Crippen LogP contribution in [0.2, 0.25) is 0 Å². The van der Waals surface area contributed by atoms with Crippen LogP contribution in [0.1, 0.15) is 63.7 Å². The number of aryl methyl sites for hydroxylation is 1. The molecule has 0 saturated carbocycles. The molecule has 0 aliphatic heterocycles. The Morgan fingerprint density at radius 3 is 2.16 bits per heavy atom. The van der Waals surface area contributed by atoms with E-state index in [0.717, 1.165) is 11.3 Å². The lowest BCUT2D eigenvalue weighted by Gasteiger charge is -2.23. The monoisotopic (exact) mass is 368 g/mol. The minimum absolute atomic E-state index is 0.133. The molecule has 140 valence electrons. The average Bonchev–Trinajstić information content (AvgIpc) is 2.76. The van der Waals surface area contributed by atoms with Crippen molar-refractivity contribution < 1.29 is 19.1 Å². The first-order valence-electron chi connectivity index (χ1n) is 8.15. The van der Waals surface area contributed by atoms with Crippen molar-refractivity contribution in [2.75, 3.05) is 5.32 Å². The van der Waals surface area contributed by atoms with Crippen molar-refractivity contribution in [3.05, 3.63) is 16.5 Å². The lowest BCUT2D eigenvalue weighted by molar-refractivity contribution is -0.130. The normalized spacial score (nSPS) is 13.1. The molecule has 7 heteroatoms. The number of ether oxygens (including phenoxy) is 1. The third kappa shape index (κ3) is 6.49. The zero-order valence-corrected chi connectivity index (χ0v) is 17.0. The average molecular weight is 368 g/mol. The molecule has 0 aliphatic rings. The zero-order chi connectivity index (χ0) is 19.6. The summed E-state index contributed by atoms with van der Waals surface area (Å²) in [7, 11) is 0. The molecule has 0 saturated heterocycles. The molecular weight excluding hydrogens is 340 g/mol. The van der Waals surface area contributed by atoms with Gasteiger partial charge in [-0.2, -0.15) is 0 Å². The lowest BCUT2D eigenvalue weighted by Crippen LogP contribution is -2.46. The Kier molecular flexibility index (Phi) is 6.39. The summed E-state index contributed by atoms with van der Waals surface area (Å²) >= 11 is 1.14. The number of amides is 2. The van der Waals surface area contributed by atoms with Crippen molar-refractivity contribution in [3.63, 3.8) is 0 Å². The van der Waals surface area contributed by atoms with Crippen molar-refractivity contribution in [2.45, 2.75) is 67.0 Å². The van der Waals surface area contributed by atoms with Crippen LogP contribution >= 0.6 is 11.3 Å². The fourth-order valence-corrected chi connectivity index (χ4v) is 2.74. The number of anilines is 1. The summed E-state index contributed by atoms with van der Waals surface area (Å²) in [5.74, 6) is -1.06. The van der Waals surface area contributed by atoms with Crippen LogP contribution in [0.4, 0.5) is 5.00 Å². The minimum Gasteiger partial charge on any atom is -0.448 e. The highest BCUT2D eigenvalue weighted by Crippen LogP contribution is 2.29. The second kappa shape index (κ2) is 7.56. The minimum atomic E-state index is -0.902. The van der Waals surface area contributed by atoms with E-state index in [-0.39, 0.29) is 11.8 Å². The van der Waals surface area contributed by atoms with Crippen LogP contribution in [0.15, 0.2) is 6.07 Å². The van der Waals surface area contributed by atoms with E-state index in [1.54, 1.807) is 13.0 Å². The van der Waals surface area contributed by atoms with Gasteiger partial charge in [-0.15, -0.1) is 11.3 Å². The van der Waals surface area contributed by atoms with E-state index in [1.807, 2.05) is 41.5 Å². The molecule has 2 N–H and O–H groups in total. The Balaban J connectivity index is 2.80. The first kappa shape index (κ1) is 21.2. The molecule has 6 nitrogen and oxygen atoms in total. The van der Waals surface area contributed by atoms with Crippen LogP contribution in [0.25, 0.3) is 0 Å². The van der Waals surface area contributed by atoms with Crippen LogP contribution in [-0.4, -0.2) is 29.4 Å². The van der Waals surface area contributed by atoms with Gasteiger partial charge in [0.25, 0.3) is 5.91 Å². The second-order valence-electron chi connectivity index (χ2n) is 8.11. The van der Waals surface area contributed by atoms with Crippen molar-refractivity contribution in [2.24, 2.45) is 5.41 Å². The molecular formula is C18H28N2O4S. The molecule has 1 rings (SSSR count). The van der Waals surface area contributed by atoms with E-state index < -0.39 is 23.0 Å². The molecule has 0 bridgehead atoms. The predicted molar refractivity (Wildman–Crippen MR) is 99.9 cm³/mol. The summed E-state index contributed by atoms with van der Waals surface area (Å²) in [6.07, 6.45) is -0.902. The van der Waals surface area contributed by atoms with E-state index >= 15 is 0 Å². The Morgan fingerprint density at radius 2 is 1.68 bits per heavy atom.